The van der Waals surface area contributed by atoms with E-state index in [-0.39, 0.29) is 0 Å². The van der Waals surface area contributed by atoms with E-state index in [4.69, 9.17) is 24.5 Å². The molecule has 6 heteroatoms. The summed E-state index contributed by atoms with van der Waals surface area (Å²) in [4.78, 5) is 18.2. The lowest BCUT2D eigenvalue weighted by Crippen LogP contribution is -2.39. The van der Waals surface area contributed by atoms with Gasteiger partial charge in [0.25, 0.3) is 0 Å². The second-order valence-corrected chi connectivity index (χ2v) is 7.47. The third kappa shape index (κ3) is 6.19. The van der Waals surface area contributed by atoms with Crippen LogP contribution in [0, 0.1) is 0 Å². The number of ether oxygens (including phenoxy) is 1. The topological polar surface area (TPSA) is 95.9 Å². The van der Waals surface area contributed by atoms with Gasteiger partial charge in [0, 0.05) is 6.04 Å². The minimum Gasteiger partial charge on any atom is -0.473 e. The van der Waals surface area contributed by atoms with Crippen molar-refractivity contribution in [1.82, 2.24) is 5.32 Å². The Morgan fingerprint density at radius 3 is 2.17 bits per heavy atom. The molecule has 6 nitrogen and oxygen atoms in total. The van der Waals surface area contributed by atoms with Crippen molar-refractivity contribution in [3.05, 3.63) is 71.3 Å². The van der Waals surface area contributed by atoms with Gasteiger partial charge in [0.1, 0.15) is 11.5 Å². The smallest absolute Gasteiger partial charge is 0.414 e. The zero-order chi connectivity index (χ0) is 21.3. The number of hydrogen-bond acceptors (Lipinski definition) is 4. The van der Waals surface area contributed by atoms with Gasteiger partial charge in [0.15, 0.2) is 0 Å². The summed E-state index contributed by atoms with van der Waals surface area (Å²) in [7, 11) is 0. The number of carbonyl (C=O) groups is 2. The minimum absolute atomic E-state index is 0.537. The summed E-state index contributed by atoms with van der Waals surface area (Å²) in [5.74, 6) is -1.86. The summed E-state index contributed by atoms with van der Waals surface area (Å²) >= 11 is 0. The summed E-state index contributed by atoms with van der Waals surface area (Å²) in [6, 6.07) is 19.1. The molecule has 0 bridgehead atoms. The van der Waals surface area contributed by atoms with Crippen molar-refractivity contribution in [3.63, 3.8) is 0 Å². The Bertz CT molecular complexity index is 874. The number of benzene rings is 2. The molecule has 0 spiro atoms. The van der Waals surface area contributed by atoms with Gasteiger partial charge >= 0.3 is 11.9 Å². The first-order chi connectivity index (χ1) is 14.5. The van der Waals surface area contributed by atoms with Gasteiger partial charge in [-0.25, -0.2) is 9.59 Å². The van der Waals surface area contributed by atoms with Crippen LogP contribution in [0.15, 0.2) is 65.7 Å². The van der Waals surface area contributed by atoms with Crippen LogP contribution in [0.25, 0.3) is 0 Å². The Morgan fingerprint density at radius 1 is 0.867 bits per heavy atom. The maximum atomic E-state index is 9.10. The molecule has 0 amide bonds. The molecule has 0 fully saturated rings. The molecule has 3 N–H and O–H groups in total. The van der Waals surface area contributed by atoms with Crippen LogP contribution >= 0.6 is 0 Å². The summed E-state index contributed by atoms with van der Waals surface area (Å²) in [5.41, 5.74) is 4.83. The first-order valence-corrected chi connectivity index (χ1v) is 10.2. The van der Waals surface area contributed by atoms with Gasteiger partial charge in [0.05, 0.1) is 0 Å². The average molecular weight is 409 g/mol. The monoisotopic (exact) mass is 409 g/mol. The Kier molecular flexibility index (Phi) is 7.63. The zero-order valence-electron chi connectivity index (χ0n) is 16.8. The SMILES string of the molecule is O=C(O)C(=O)O.c1ccc(Oc2ccc(CC3NCCC4=C3CCCC4)cc2)cc1. The Labute approximate surface area is 176 Å². The van der Waals surface area contributed by atoms with E-state index in [0.717, 1.165) is 24.5 Å². The van der Waals surface area contributed by atoms with Crippen LogP contribution in [0.5, 0.6) is 11.5 Å². The number of aliphatic carboxylic acids is 2. The van der Waals surface area contributed by atoms with E-state index in [9.17, 15) is 0 Å². The van der Waals surface area contributed by atoms with Gasteiger partial charge < -0.3 is 20.3 Å². The Balaban J connectivity index is 0.000000377. The average Bonchev–Trinajstić information content (AvgIpc) is 2.76. The molecule has 1 atom stereocenters. The van der Waals surface area contributed by atoms with Crippen molar-refractivity contribution in [1.29, 1.82) is 0 Å². The van der Waals surface area contributed by atoms with Crippen LogP contribution < -0.4 is 10.1 Å². The van der Waals surface area contributed by atoms with Gasteiger partial charge in [0.2, 0.25) is 0 Å². The lowest BCUT2D eigenvalue weighted by molar-refractivity contribution is -0.159. The highest BCUT2D eigenvalue weighted by Crippen LogP contribution is 2.32. The number of para-hydroxylation sites is 1. The zero-order valence-corrected chi connectivity index (χ0v) is 16.8. The van der Waals surface area contributed by atoms with Gasteiger partial charge in [-0.15, -0.1) is 0 Å². The summed E-state index contributed by atoms with van der Waals surface area (Å²) in [6.07, 6.45) is 7.72. The number of hydrogen-bond donors (Lipinski definition) is 3. The summed E-state index contributed by atoms with van der Waals surface area (Å²) in [6.45, 7) is 1.14. The molecule has 1 heterocycles. The summed E-state index contributed by atoms with van der Waals surface area (Å²) < 4.78 is 5.88. The molecule has 1 unspecified atom stereocenters. The normalized spacial score (nSPS) is 17.9. The van der Waals surface area contributed by atoms with Gasteiger partial charge in [-0.05, 0) is 74.9 Å². The van der Waals surface area contributed by atoms with Crippen LogP contribution in [0.1, 0.15) is 37.7 Å². The molecule has 1 aliphatic heterocycles. The molecule has 158 valence electrons. The van der Waals surface area contributed by atoms with Crippen molar-refractivity contribution >= 4 is 11.9 Å². The number of nitrogens with one attached hydrogen (secondary N) is 1. The van der Waals surface area contributed by atoms with E-state index in [0.29, 0.717) is 6.04 Å². The highest BCUT2D eigenvalue weighted by atomic mass is 16.5. The first-order valence-electron chi connectivity index (χ1n) is 10.2. The lowest BCUT2D eigenvalue weighted by Gasteiger charge is -2.33. The molecule has 0 saturated carbocycles. The molecular weight excluding hydrogens is 382 g/mol. The molecule has 4 rings (SSSR count). The second kappa shape index (κ2) is 10.6. The maximum Gasteiger partial charge on any atom is 0.414 e. The molecule has 2 aromatic carbocycles. The van der Waals surface area contributed by atoms with E-state index < -0.39 is 11.9 Å². The van der Waals surface area contributed by atoms with Crippen molar-refractivity contribution in [2.45, 2.75) is 44.6 Å². The van der Waals surface area contributed by atoms with Crippen molar-refractivity contribution in [3.8, 4) is 11.5 Å². The number of carboxylic acids is 2. The fraction of sp³-hybridized carbons (Fsp3) is 0.333. The fourth-order valence-corrected chi connectivity index (χ4v) is 3.97. The fourth-order valence-electron chi connectivity index (χ4n) is 3.97. The van der Waals surface area contributed by atoms with Gasteiger partial charge in [-0.3, -0.25) is 0 Å². The highest BCUT2D eigenvalue weighted by molar-refractivity contribution is 6.27. The van der Waals surface area contributed by atoms with Crippen molar-refractivity contribution < 1.29 is 24.5 Å². The molecule has 2 aromatic rings. The molecule has 30 heavy (non-hydrogen) atoms. The second-order valence-electron chi connectivity index (χ2n) is 7.47. The van der Waals surface area contributed by atoms with E-state index in [1.165, 1.54) is 37.7 Å². The Hall–Kier alpha value is -3.12. The van der Waals surface area contributed by atoms with Crippen LogP contribution in [0.4, 0.5) is 0 Å². The van der Waals surface area contributed by atoms with Crippen molar-refractivity contribution in [2.24, 2.45) is 0 Å². The predicted octanol–water partition coefficient (Wildman–Crippen LogP) is 4.41. The van der Waals surface area contributed by atoms with E-state index in [2.05, 4.69) is 29.6 Å². The van der Waals surface area contributed by atoms with E-state index in [1.54, 1.807) is 11.1 Å². The quantitative estimate of drug-likeness (QED) is 0.511. The number of rotatable bonds is 4. The van der Waals surface area contributed by atoms with Crippen molar-refractivity contribution in [2.75, 3.05) is 6.54 Å². The van der Waals surface area contributed by atoms with E-state index in [1.807, 2.05) is 30.3 Å². The van der Waals surface area contributed by atoms with Gasteiger partial charge in [-0.2, -0.15) is 0 Å². The lowest BCUT2D eigenvalue weighted by atomic mass is 9.81. The third-order valence-electron chi connectivity index (χ3n) is 5.39. The third-order valence-corrected chi connectivity index (χ3v) is 5.39. The molecule has 2 aliphatic rings. The maximum absolute atomic E-state index is 9.10. The van der Waals surface area contributed by atoms with Crippen LogP contribution in [0.3, 0.4) is 0 Å². The summed E-state index contributed by atoms with van der Waals surface area (Å²) in [5, 5.41) is 18.5. The van der Waals surface area contributed by atoms with Gasteiger partial charge in [-0.1, -0.05) is 41.5 Å². The van der Waals surface area contributed by atoms with Crippen LogP contribution in [0.2, 0.25) is 0 Å². The van der Waals surface area contributed by atoms with Crippen LogP contribution in [-0.4, -0.2) is 34.7 Å². The highest BCUT2D eigenvalue weighted by Gasteiger charge is 2.24. The molecular formula is C24H27NO5. The predicted molar refractivity (Wildman–Crippen MR) is 114 cm³/mol. The van der Waals surface area contributed by atoms with Crippen LogP contribution in [-0.2, 0) is 16.0 Å². The standard InChI is InChI=1S/C22H25NO.C2H2O4/c1-2-7-19(8-3-1)24-20-12-10-17(11-13-20)16-22-21-9-5-4-6-18(21)14-15-23-22;3-1(4)2(5)6/h1-3,7-8,10-13,22-23H,4-6,9,14-16H2;(H,3,4)(H,5,6). The molecule has 0 radical (unpaired) electrons. The van der Waals surface area contributed by atoms with E-state index >= 15 is 0 Å². The largest absolute Gasteiger partial charge is 0.473 e. The molecule has 0 saturated heterocycles. The number of carboxylic acid groups (broad SMARTS) is 2. The first kappa shape index (κ1) is 21.6. The Morgan fingerprint density at radius 2 is 1.50 bits per heavy atom. The minimum atomic E-state index is -1.82. The molecule has 0 aromatic heterocycles. The molecule has 1 aliphatic carbocycles.